The third-order valence-corrected chi connectivity index (χ3v) is 4.29. The van der Waals surface area contributed by atoms with Gasteiger partial charge in [0, 0.05) is 19.8 Å². The van der Waals surface area contributed by atoms with E-state index in [2.05, 4.69) is 25.3 Å². The van der Waals surface area contributed by atoms with Crippen LogP contribution in [0.5, 0.6) is 0 Å². The van der Waals surface area contributed by atoms with Crippen LogP contribution in [0.3, 0.4) is 0 Å². The number of thiol groups is 2. The average Bonchev–Trinajstić information content (AvgIpc) is 2.17. The molecule has 102 valence electrons. The molecule has 0 N–H and O–H groups in total. The molecule has 0 aliphatic rings. The zero-order chi connectivity index (χ0) is 13.5. The van der Waals surface area contributed by atoms with E-state index in [1.165, 1.54) is 6.92 Å². The first-order valence-electron chi connectivity index (χ1n) is 5.41. The number of carbonyl (C=O) groups excluding carboxylic acids is 1. The van der Waals surface area contributed by atoms with Crippen molar-refractivity contribution in [2.45, 2.75) is 31.8 Å². The van der Waals surface area contributed by atoms with E-state index in [0.717, 1.165) is 0 Å². The lowest BCUT2D eigenvalue weighted by Crippen LogP contribution is -2.52. The summed E-state index contributed by atoms with van der Waals surface area (Å²) in [6.07, 6.45) is 0. The van der Waals surface area contributed by atoms with Crippen LogP contribution in [0.1, 0.15) is 27.7 Å². The Morgan fingerprint density at radius 3 is 1.65 bits per heavy atom. The van der Waals surface area contributed by atoms with E-state index in [4.69, 9.17) is 17.7 Å². The van der Waals surface area contributed by atoms with Crippen LogP contribution in [0.25, 0.3) is 0 Å². The first kappa shape index (κ1) is 17.3. The van der Waals surface area contributed by atoms with Crippen LogP contribution in [0.15, 0.2) is 0 Å². The monoisotopic (exact) mass is 300 g/mol. The van der Waals surface area contributed by atoms with Crippen molar-refractivity contribution >= 4 is 40.3 Å². The Kier molecular flexibility index (Phi) is 7.77. The number of hydrogen-bond donors (Lipinski definition) is 2. The van der Waals surface area contributed by atoms with Crippen molar-refractivity contribution in [2.24, 2.45) is 0 Å². The second kappa shape index (κ2) is 7.65. The van der Waals surface area contributed by atoms with Gasteiger partial charge in [0.2, 0.25) is 0 Å². The Morgan fingerprint density at radius 1 is 1.06 bits per heavy atom. The van der Waals surface area contributed by atoms with Crippen molar-refractivity contribution in [1.29, 1.82) is 0 Å². The topological polar surface area (TPSA) is 54.0 Å². The van der Waals surface area contributed by atoms with Gasteiger partial charge < -0.3 is 17.7 Å². The lowest BCUT2D eigenvalue weighted by molar-refractivity contribution is -0.144. The van der Waals surface area contributed by atoms with Gasteiger partial charge in [0.1, 0.15) is 4.08 Å². The van der Waals surface area contributed by atoms with Gasteiger partial charge in [0.25, 0.3) is 0 Å². The molecule has 0 rings (SSSR count). The minimum atomic E-state index is -3.42. The van der Waals surface area contributed by atoms with Gasteiger partial charge in [0.05, 0.1) is 0 Å². The third-order valence-electron chi connectivity index (χ3n) is 1.57. The fraction of sp³-hybridized carbons (Fsp3) is 0.889. The Bertz CT molecular complexity index is 227. The molecule has 0 aromatic rings. The van der Waals surface area contributed by atoms with Crippen molar-refractivity contribution in [3.8, 4) is 0 Å². The molecule has 0 fully saturated rings. The number of hydrogen-bond acceptors (Lipinski definition) is 7. The lowest BCUT2D eigenvalue weighted by atomic mass is 10.5. The van der Waals surface area contributed by atoms with E-state index in [9.17, 15) is 4.79 Å². The van der Waals surface area contributed by atoms with Crippen LogP contribution in [0.2, 0.25) is 0 Å². The summed E-state index contributed by atoms with van der Waals surface area (Å²) < 4.78 is 20.1. The molecular weight excluding hydrogens is 280 g/mol. The van der Waals surface area contributed by atoms with Crippen LogP contribution < -0.4 is 0 Å². The molecule has 0 unspecified atom stereocenters. The third kappa shape index (κ3) is 6.12. The summed E-state index contributed by atoms with van der Waals surface area (Å²) in [6.45, 7) is 7.81. The van der Waals surface area contributed by atoms with Crippen molar-refractivity contribution in [3.63, 3.8) is 0 Å². The van der Waals surface area contributed by atoms with Crippen molar-refractivity contribution in [2.75, 3.05) is 19.8 Å². The normalized spacial score (nSPS) is 12.6. The second-order valence-corrected chi connectivity index (χ2v) is 7.42. The summed E-state index contributed by atoms with van der Waals surface area (Å²) in [7, 11) is -3.42. The van der Waals surface area contributed by atoms with Gasteiger partial charge >= 0.3 is 15.0 Å². The quantitative estimate of drug-likeness (QED) is 0.405. The maximum absolute atomic E-state index is 11.7. The van der Waals surface area contributed by atoms with Gasteiger partial charge in [-0.2, -0.15) is 25.3 Å². The SMILES string of the molecule is CCO[Si](OCC)(OCC)OC(=O)C(C)(S)S. The Hall–Kier alpha value is 0.267. The molecule has 0 saturated heterocycles. The van der Waals surface area contributed by atoms with Crippen LogP contribution in [0.4, 0.5) is 0 Å². The van der Waals surface area contributed by atoms with Crippen LogP contribution >= 0.6 is 25.3 Å². The molecule has 0 spiro atoms. The highest BCUT2D eigenvalue weighted by molar-refractivity contribution is 8.01. The van der Waals surface area contributed by atoms with Crippen LogP contribution in [-0.2, 0) is 22.5 Å². The molecule has 0 atom stereocenters. The zero-order valence-electron chi connectivity index (χ0n) is 10.6. The van der Waals surface area contributed by atoms with Crippen molar-refractivity contribution in [3.05, 3.63) is 0 Å². The molecule has 0 saturated carbocycles. The van der Waals surface area contributed by atoms with Gasteiger partial charge in [0.15, 0.2) is 0 Å². The van der Waals surface area contributed by atoms with E-state index < -0.39 is 19.1 Å². The van der Waals surface area contributed by atoms with Crippen LogP contribution in [0, 0.1) is 0 Å². The van der Waals surface area contributed by atoms with Crippen molar-refractivity contribution < 1.29 is 22.5 Å². The van der Waals surface area contributed by atoms with Gasteiger partial charge in [-0.1, -0.05) is 0 Å². The minimum absolute atomic E-state index is 0.329. The van der Waals surface area contributed by atoms with E-state index in [1.54, 1.807) is 20.8 Å². The van der Waals surface area contributed by atoms with E-state index in [1.807, 2.05) is 0 Å². The maximum Gasteiger partial charge on any atom is 0.751 e. The molecule has 0 bridgehead atoms. The van der Waals surface area contributed by atoms with Gasteiger partial charge in [-0.15, -0.1) is 0 Å². The van der Waals surface area contributed by atoms with Crippen molar-refractivity contribution in [1.82, 2.24) is 0 Å². The molecular formula is C9H20O5S2Si. The maximum atomic E-state index is 11.7. The number of carbonyl (C=O) groups is 1. The lowest BCUT2D eigenvalue weighted by Gasteiger charge is -2.28. The Morgan fingerprint density at radius 2 is 1.41 bits per heavy atom. The van der Waals surface area contributed by atoms with Gasteiger partial charge in [-0.05, 0) is 27.7 Å². The molecule has 0 amide bonds. The standard InChI is InChI=1S/C9H20O5S2Si/c1-5-11-17(12-6-2,13-7-3)14-8(10)9(4,15)16/h15-16H,5-7H2,1-4H3. The summed E-state index contributed by atoms with van der Waals surface area (Å²) in [5.74, 6) is -0.647. The molecule has 0 radical (unpaired) electrons. The molecule has 0 aromatic heterocycles. The molecule has 8 heteroatoms. The Labute approximate surface area is 114 Å². The summed E-state index contributed by atoms with van der Waals surface area (Å²) in [5.41, 5.74) is 0. The highest BCUT2D eigenvalue weighted by Crippen LogP contribution is 2.23. The molecule has 0 aliphatic heterocycles. The zero-order valence-corrected chi connectivity index (χ0v) is 13.3. The summed E-state index contributed by atoms with van der Waals surface area (Å²) >= 11 is 8.02. The summed E-state index contributed by atoms with van der Waals surface area (Å²) in [6, 6.07) is 0. The molecule has 5 nitrogen and oxygen atoms in total. The summed E-state index contributed by atoms with van der Waals surface area (Å²) in [5, 5.41) is 0. The Balaban J connectivity index is 4.82. The molecule has 17 heavy (non-hydrogen) atoms. The highest BCUT2D eigenvalue weighted by Gasteiger charge is 2.51. The average molecular weight is 300 g/mol. The first-order valence-corrected chi connectivity index (χ1v) is 7.94. The van der Waals surface area contributed by atoms with Crippen LogP contribution in [-0.4, -0.2) is 38.9 Å². The smallest absolute Gasteiger partial charge is 0.450 e. The summed E-state index contributed by atoms with van der Waals surface area (Å²) in [4.78, 5) is 11.7. The second-order valence-electron chi connectivity index (χ2n) is 3.21. The molecule has 0 heterocycles. The van der Waals surface area contributed by atoms with E-state index >= 15 is 0 Å². The predicted octanol–water partition coefficient (Wildman–Crippen LogP) is 1.65. The highest BCUT2D eigenvalue weighted by atomic mass is 32.2. The largest absolute Gasteiger partial charge is 0.751 e. The van der Waals surface area contributed by atoms with Gasteiger partial charge in [-0.25, -0.2) is 0 Å². The minimum Gasteiger partial charge on any atom is -0.450 e. The fourth-order valence-electron chi connectivity index (χ4n) is 0.954. The van der Waals surface area contributed by atoms with E-state index in [-0.39, 0.29) is 0 Å². The fourth-order valence-corrected chi connectivity index (χ4v) is 3.14. The number of rotatable bonds is 8. The molecule has 0 aliphatic carbocycles. The first-order chi connectivity index (χ1) is 7.81. The molecule has 0 aromatic carbocycles. The predicted molar refractivity (Wildman–Crippen MR) is 73.1 cm³/mol. The van der Waals surface area contributed by atoms with Gasteiger partial charge in [-0.3, -0.25) is 4.79 Å². The van der Waals surface area contributed by atoms with E-state index in [0.29, 0.717) is 19.8 Å².